The van der Waals surface area contributed by atoms with Crippen LogP contribution in [-0.4, -0.2) is 103 Å². The Balaban J connectivity index is 1.43. The molecule has 2 aliphatic carbocycles. The molecule has 3 aliphatic rings. The van der Waals surface area contributed by atoms with Gasteiger partial charge in [0.1, 0.15) is 24.2 Å². The molecular weight excluding hydrogens is 680 g/mol. The Bertz CT molecular complexity index is 1530. The first kappa shape index (κ1) is 41.3. The number of likely N-dealkylation sites (tertiary alicyclic amines) is 1. The molecule has 6 atom stereocenters. The third-order valence-corrected chi connectivity index (χ3v) is 10.9. The van der Waals surface area contributed by atoms with Gasteiger partial charge < -0.3 is 35.8 Å². The second-order valence-electron chi connectivity index (χ2n) is 16.5. The Morgan fingerprint density at radius 3 is 2.17 bits per heavy atom. The zero-order valence-electron chi connectivity index (χ0n) is 32.5. The van der Waals surface area contributed by atoms with Gasteiger partial charge in [0.2, 0.25) is 29.4 Å². The van der Waals surface area contributed by atoms with Crippen LogP contribution in [0.15, 0.2) is 30.3 Å². The topological polar surface area (TPSA) is 183 Å². The molecule has 1 aromatic carbocycles. The Labute approximate surface area is 312 Å². The van der Waals surface area contributed by atoms with Crippen molar-refractivity contribution in [2.75, 3.05) is 27.2 Å². The maximum absolute atomic E-state index is 14.2. The lowest BCUT2D eigenvalue weighted by molar-refractivity contribution is -0.145. The van der Waals surface area contributed by atoms with Crippen LogP contribution in [0.1, 0.15) is 98.1 Å². The molecule has 1 aliphatic heterocycles. The predicted octanol–water partition coefficient (Wildman–Crippen LogP) is 2.86. The first-order valence-electron chi connectivity index (χ1n) is 18.8. The van der Waals surface area contributed by atoms with Gasteiger partial charge in [-0.3, -0.25) is 28.8 Å². The number of benzene rings is 1. The van der Waals surface area contributed by atoms with Crippen molar-refractivity contribution in [3.63, 3.8) is 0 Å². The van der Waals surface area contributed by atoms with Gasteiger partial charge in [-0.05, 0) is 60.3 Å². The van der Waals surface area contributed by atoms with Crippen molar-refractivity contribution in [2.45, 2.75) is 117 Å². The van der Waals surface area contributed by atoms with Gasteiger partial charge in [-0.15, -0.1) is 0 Å². The van der Waals surface area contributed by atoms with Gasteiger partial charge in [-0.2, -0.15) is 0 Å². The lowest BCUT2D eigenvalue weighted by atomic mass is 9.85. The number of alkyl carbamates (subject to hydrolysis) is 1. The number of carbonyl (C=O) groups excluding carboxylic acids is 7. The fourth-order valence-corrected chi connectivity index (χ4v) is 7.74. The number of Topliss-reactive ketones (excluding diaryl/α,β-unsaturated/α-hetero) is 1. The molecule has 0 bridgehead atoms. The van der Waals surface area contributed by atoms with Crippen molar-refractivity contribution in [3.8, 4) is 0 Å². The van der Waals surface area contributed by atoms with Gasteiger partial charge in [0, 0.05) is 20.6 Å². The molecule has 4 N–H and O–H groups in total. The molecule has 1 saturated heterocycles. The second-order valence-corrected chi connectivity index (χ2v) is 16.5. The van der Waals surface area contributed by atoms with Crippen molar-refractivity contribution in [1.82, 2.24) is 31.1 Å². The summed E-state index contributed by atoms with van der Waals surface area (Å²) in [6.07, 6.45) is 4.37. The number of amides is 6. The monoisotopic (exact) mass is 738 g/mol. The number of likely N-dealkylation sites (N-methyl/N-ethyl adjacent to an activating group) is 1. The summed E-state index contributed by atoms with van der Waals surface area (Å²) < 4.78 is 5.67. The van der Waals surface area contributed by atoms with E-state index in [2.05, 4.69) is 21.3 Å². The molecule has 53 heavy (non-hydrogen) atoms. The zero-order chi connectivity index (χ0) is 39.2. The molecule has 1 aromatic rings. The maximum Gasteiger partial charge on any atom is 0.408 e. The lowest BCUT2D eigenvalue weighted by Gasteiger charge is -2.38. The lowest BCUT2D eigenvalue weighted by Crippen LogP contribution is -2.60. The molecule has 3 unspecified atom stereocenters. The summed E-state index contributed by atoms with van der Waals surface area (Å²) in [5.41, 5.74) is -0.390. The molecular formula is C39H58N6O8. The SMILES string of the molecule is CCCC(NC(=O)[C@@H]1C2C(CN1C(=O)[C@@H](NC(=O)OC1CCCCC1)C(C)(C)C)C2(C)C)C(=O)C(=O)NCC(=O)N[C@H](C(=O)N(C)C)c1ccccc1. The van der Waals surface area contributed by atoms with Gasteiger partial charge in [0.25, 0.3) is 5.91 Å². The molecule has 4 rings (SSSR count). The van der Waals surface area contributed by atoms with Crippen molar-refractivity contribution in [1.29, 1.82) is 0 Å². The highest BCUT2D eigenvalue weighted by atomic mass is 16.6. The van der Waals surface area contributed by atoms with Crippen LogP contribution < -0.4 is 21.3 Å². The molecule has 6 amide bonds. The number of nitrogens with zero attached hydrogens (tertiary/aromatic N) is 2. The van der Waals surface area contributed by atoms with E-state index in [0.29, 0.717) is 18.5 Å². The van der Waals surface area contributed by atoms with Crippen LogP contribution in [-0.2, 0) is 33.5 Å². The first-order chi connectivity index (χ1) is 24.9. The van der Waals surface area contributed by atoms with E-state index >= 15 is 0 Å². The minimum absolute atomic E-state index is 0.0400. The van der Waals surface area contributed by atoms with Crippen molar-refractivity contribution in [2.24, 2.45) is 22.7 Å². The van der Waals surface area contributed by atoms with E-state index < -0.39 is 71.6 Å². The number of piperidine rings is 1. The number of nitrogens with one attached hydrogen (secondary N) is 4. The number of ketones is 1. The molecule has 0 spiro atoms. The van der Waals surface area contributed by atoms with Gasteiger partial charge in [-0.1, -0.05) is 84.7 Å². The summed E-state index contributed by atoms with van der Waals surface area (Å²) in [6.45, 7) is 11.1. The first-order valence-corrected chi connectivity index (χ1v) is 18.8. The Morgan fingerprint density at radius 1 is 0.943 bits per heavy atom. The average Bonchev–Trinajstić information content (AvgIpc) is 3.41. The molecule has 0 radical (unpaired) electrons. The van der Waals surface area contributed by atoms with Crippen LogP contribution in [0.4, 0.5) is 4.79 Å². The smallest absolute Gasteiger partial charge is 0.408 e. The van der Waals surface area contributed by atoms with E-state index in [-0.39, 0.29) is 35.7 Å². The van der Waals surface area contributed by atoms with Gasteiger partial charge in [0.15, 0.2) is 0 Å². The summed E-state index contributed by atoms with van der Waals surface area (Å²) in [4.78, 5) is 96.4. The summed E-state index contributed by atoms with van der Waals surface area (Å²) in [5.74, 6) is -4.16. The molecule has 1 heterocycles. The number of rotatable bonds is 14. The van der Waals surface area contributed by atoms with Gasteiger partial charge >= 0.3 is 6.09 Å². The summed E-state index contributed by atoms with van der Waals surface area (Å²) in [6, 6.07) is 4.54. The number of carbonyl (C=O) groups is 7. The largest absolute Gasteiger partial charge is 0.446 e. The number of hydrogen-bond donors (Lipinski definition) is 4. The van der Waals surface area contributed by atoms with Crippen LogP contribution >= 0.6 is 0 Å². The van der Waals surface area contributed by atoms with Crippen molar-refractivity contribution < 1.29 is 38.3 Å². The summed E-state index contributed by atoms with van der Waals surface area (Å²) in [5, 5.41) is 10.5. The number of hydrogen-bond acceptors (Lipinski definition) is 8. The van der Waals surface area contributed by atoms with Crippen molar-refractivity contribution >= 4 is 41.4 Å². The highest BCUT2D eigenvalue weighted by Crippen LogP contribution is 2.65. The summed E-state index contributed by atoms with van der Waals surface area (Å²) in [7, 11) is 3.12. The van der Waals surface area contributed by atoms with Crippen LogP contribution in [0.2, 0.25) is 0 Å². The molecule has 3 fully saturated rings. The van der Waals surface area contributed by atoms with Crippen LogP contribution in [0.5, 0.6) is 0 Å². The van der Waals surface area contributed by atoms with Crippen LogP contribution in [0.3, 0.4) is 0 Å². The normalized spacial score (nSPS) is 22.3. The Morgan fingerprint density at radius 2 is 1.58 bits per heavy atom. The Hall–Kier alpha value is -4.49. The van der Waals surface area contributed by atoms with E-state index in [1.165, 1.54) is 9.80 Å². The maximum atomic E-state index is 14.2. The third kappa shape index (κ3) is 9.94. The second kappa shape index (κ2) is 17.1. The standard InChI is InChI=1S/C39H58N6O8/c1-9-16-26(31(47)34(49)40-21-27(46)42-29(35(50)44(7)8)23-17-12-10-13-18-23)41-33(48)30-28-25(39(28,5)6)22-45(30)36(51)32(38(2,3)4)43-37(52)53-24-19-14-11-15-20-24/h10,12-13,17-18,24-26,28-30,32H,9,11,14-16,19-22H2,1-8H3,(H,40,49)(H,41,48)(H,42,46)(H,43,52)/t25?,26?,28?,29-,30-,32+/m0/s1. The molecule has 2 saturated carbocycles. The van der Waals surface area contributed by atoms with Gasteiger partial charge in [0.05, 0.1) is 12.6 Å². The number of fused-ring (bicyclic) bond motifs is 1. The van der Waals surface area contributed by atoms with E-state index in [1.54, 1.807) is 51.4 Å². The highest BCUT2D eigenvalue weighted by Gasteiger charge is 2.70. The van der Waals surface area contributed by atoms with E-state index in [1.807, 2.05) is 34.6 Å². The van der Waals surface area contributed by atoms with E-state index in [4.69, 9.17) is 4.74 Å². The predicted molar refractivity (Wildman–Crippen MR) is 197 cm³/mol. The highest BCUT2D eigenvalue weighted by molar-refractivity contribution is 6.38. The van der Waals surface area contributed by atoms with Crippen LogP contribution in [0, 0.1) is 22.7 Å². The average molecular weight is 739 g/mol. The minimum atomic E-state index is -1.21. The zero-order valence-corrected chi connectivity index (χ0v) is 32.5. The molecule has 14 nitrogen and oxygen atoms in total. The molecule has 292 valence electrons. The van der Waals surface area contributed by atoms with Crippen molar-refractivity contribution in [3.05, 3.63) is 35.9 Å². The Kier molecular flexibility index (Phi) is 13.3. The minimum Gasteiger partial charge on any atom is -0.446 e. The number of ether oxygens (including phenoxy) is 1. The molecule has 0 aromatic heterocycles. The molecule has 14 heteroatoms. The van der Waals surface area contributed by atoms with Gasteiger partial charge in [-0.25, -0.2) is 4.79 Å². The quantitative estimate of drug-likeness (QED) is 0.210. The third-order valence-electron chi connectivity index (χ3n) is 10.9. The summed E-state index contributed by atoms with van der Waals surface area (Å²) >= 11 is 0. The van der Waals surface area contributed by atoms with E-state index in [0.717, 1.165) is 32.1 Å². The fraction of sp³-hybridized carbons (Fsp3) is 0.667. The fourth-order valence-electron chi connectivity index (χ4n) is 7.74. The van der Waals surface area contributed by atoms with E-state index in [9.17, 15) is 33.6 Å². The van der Waals surface area contributed by atoms with Crippen LogP contribution in [0.25, 0.3) is 0 Å².